The minimum Gasteiger partial charge on any atom is -0.394 e. The highest BCUT2D eigenvalue weighted by atomic mass is 32.2. The predicted octanol–water partition coefficient (Wildman–Crippen LogP) is 0.914. The van der Waals surface area contributed by atoms with E-state index in [4.69, 9.17) is 0 Å². The maximum atomic E-state index is 12.0. The van der Waals surface area contributed by atoms with Crippen LogP contribution in [0, 0.1) is 5.92 Å². The largest absolute Gasteiger partial charge is 0.402 e. The zero-order valence-corrected chi connectivity index (χ0v) is 11.4. The summed E-state index contributed by atoms with van der Waals surface area (Å²) in [5.74, 6) is 0.423. The molecule has 0 bridgehead atoms. The maximum absolute atomic E-state index is 12.0. The molecule has 5 nitrogen and oxygen atoms in total. The van der Waals surface area contributed by atoms with Gasteiger partial charge in [-0.25, -0.2) is 0 Å². The molecule has 3 N–H and O–H groups in total. The van der Waals surface area contributed by atoms with Gasteiger partial charge in [0.15, 0.2) is 0 Å². The molecule has 19 heavy (non-hydrogen) atoms. The monoisotopic (exact) mass is 304 g/mol. The van der Waals surface area contributed by atoms with Crippen molar-refractivity contribution in [2.45, 2.75) is 44.3 Å². The summed E-state index contributed by atoms with van der Waals surface area (Å²) in [6, 6.07) is 0. The van der Waals surface area contributed by atoms with Gasteiger partial charge in [-0.2, -0.15) is 31.0 Å². The molecule has 0 unspecified atom stereocenters. The van der Waals surface area contributed by atoms with Crippen LogP contribution in [0.5, 0.6) is 0 Å². The quantitative estimate of drug-likeness (QED) is 0.706. The molecule has 0 amide bonds. The van der Waals surface area contributed by atoms with Crippen molar-refractivity contribution in [3.05, 3.63) is 0 Å². The fraction of sp³-hybridized carbons (Fsp3) is 1.00. The molecule has 0 saturated heterocycles. The van der Waals surface area contributed by atoms with Crippen molar-refractivity contribution in [2.75, 3.05) is 13.2 Å². The van der Waals surface area contributed by atoms with E-state index in [1.807, 2.05) is 6.92 Å². The summed E-state index contributed by atoms with van der Waals surface area (Å²) in [5.41, 5.74) is -1.05. The minimum atomic E-state index is -4.61. The van der Waals surface area contributed by atoms with Gasteiger partial charge in [0.25, 0.3) is 10.2 Å². The lowest BCUT2D eigenvalue weighted by Crippen LogP contribution is -2.57. The van der Waals surface area contributed by atoms with Crippen molar-refractivity contribution in [1.29, 1.82) is 0 Å². The number of aliphatic hydroxyl groups is 1. The van der Waals surface area contributed by atoms with Gasteiger partial charge in [-0.3, -0.25) is 0 Å². The van der Waals surface area contributed by atoms with E-state index in [1.54, 1.807) is 0 Å². The van der Waals surface area contributed by atoms with Crippen LogP contribution in [-0.2, 0) is 10.2 Å². The molecule has 0 aromatic rings. The normalized spacial score (nSPS) is 29.4. The Balaban J connectivity index is 2.64. The molecular weight excluding hydrogens is 285 g/mol. The van der Waals surface area contributed by atoms with Crippen LogP contribution in [-0.4, -0.2) is 38.4 Å². The molecule has 1 rings (SSSR count). The second kappa shape index (κ2) is 5.94. The summed E-state index contributed by atoms with van der Waals surface area (Å²) in [4.78, 5) is 0. The third-order valence-electron chi connectivity index (χ3n) is 3.35. The zero-order chi connectivity index (χ0) is 14.7. The van der Waals surface area contributed by atoms with Crippen molar-refractivity contribution in [3.63, 3.8) is 0 Å². The number of hydrogen-bond acceptors (Lipinski definition) is 3. The van der Waals surface area contributed by atoms with Gasteiger partial charge in [0.2, 0.25) is 0 Å². The van der Waals surface area contributed by atoms with Crippen molar-refractivity contribution in [2.24, 2.45) is 5.92 Å². The van der Waals surface area contributed by atoms with Gasteiger partial charge in [0, 0.05) is 0 Å². The second-order valence-corrected chi connectivity index (χ2v) is 6.66. The van der Waals surface area contributed by atoms with Crippen LogP contribution in [0.25, 0.3) is 0 Å². The molecule has 114 valence electrons. The van der Waals surface area contributed by atoms with Crippen LogP contribution in [0.1, 0.15) is 32.6 Å². The second-order valence-electron chi connectivity index (χ2n) is 5.16. The Hall–Kier alpha value is -0.380. The van der Waals surface area contributed by atoms with Gasteiger partial charge in [-0.05, 0) is 31.6 Å². The molecule has 1 saturated carbocycles. The van der Waals surface area contributed by atoms with Crippen molar-refractivity contribution in [1.82, 2.24) is 9.44 Å². The van der Waals surface area contributed by atoms with E-state index in [0.29, 0.717) is 18.8 Å². The number of rotatable bonds is 5. The Labute approximate surface area is 110 Å². The van der Waals surface area contributed by atoms with Crippen LogP contribution in [0.2, 0.25) is 0 Å². The molecular formula is C10H19F3N2O3S. The zero-order valence-electron chi connectivity index (χ0n) is 10.6. The third kappa shape index (κ3) is 5.64. The van der Waals surface area contributed by atoms with Crippen molar-refractivity contribution in [3.8, 4) is 0 Å². The van der Waals surface area contributed by atoms with Crippen LogP contribution in [0.15, 0.2) is 0 Å². The molecule has 0 atom stereocenters. The minimum absolute atomic E-state index is 0.414. The highest BCUT2D eigenvalue weighted by molar-refractivity contribution is 7.87. The smallest absolute Gasteiger partial charge is 0.394 e. The Morgan fingerprint density at radius 2 is 1.84 bits per heavy atom. The maximum Gasteiger partial charge on any atom is 0.402 e. The SMILES string of the molecule is CC1CCC(CO)(NS(=O)(=O)NCC(F)(F)F)CC1. The average Bonchev–Trinajstić information content (AvgIpc) is 2.29. The summed E-state index contributed by atoms with van der Waals surface area (Å²) in [7, 11) is -4.28. The summed E-state index contributed by atoms with van der Waals surface area (Å²) in [6.45, 7) is -0.0371. The molecule has 1 aliphatic carbocycles. The van der Waals surface area contributed by atoms with Gasteiger partial charge in [-0.1, -0.05) is 6.92 Å². The van der Waals surface area contributed by atoms with Crippen LogP contribution >= 0.6 is 0 Å². The summed E-state index contributed by atoms with van der Waals surface area (Å²) in [5, 5.41) is 9.34. The van der Waals surface area contributed by atoms with Gasteiger partial charge >= 0.3 is 6.18 Å². The summed E-state index contributed by atoms with van der Waals surface area (Å²) >= 11 is 0. The lowest BCUT2D eigenvalue weighted by atomic mass is 9.78. The molecule has 1 fully saturated rings. The van der Waals surface area contributed by atoms with E-state index in [2.05, 4.69) is 4.72 Å². The summed E-state index contributed by atoms with van der Waals surface area (Å²) < 4.78 is 62.7. The van der Waals surface area contributed by atoms with E-state index in [9.17, 15) is 26.7 Å². The van der Waals surface area contributed by atoms with Crippen molar-refractivity contribution < 1.29 is 26.7 Å². The lowest BCUT2D eigenvalue weighted by Gasteiger charge is -2.38. The Morgan fingerprint density at radius 3 is 2.26 bits per heavy atom. The molecule has 0 aromatic heterocycles. The lowest BCUT2D eigenvalue weighted by molar-refractivity contribution is -0.121. The molecule has 1 aliphatic rings. The molecule has 0 aromatic carbocycles. The van der Waals surface area contributed by atoms with E-state index < -0.39 is 35.1 Å². The Morgan fingerprint density at radius 1 is 1.32 bits per heavy atom. The summed E-state index contributed by atoms with van der Waals surface area (Å²) in [6.07, 6.45) is -2.33. The van der Waals surface area contributed by atoms with Gasteiger partial charge in [0.1, 0.15) is 6.54 Å². The number of alkyl halides is 3. The third-order valence-corrected chi connectivity index (χ3v) is 4.57. The van der Waals surface area contributed by atoms with Crippen LogP contribution in [0.3, 0.4) is 0 Å². The number of nitrogens with one attached hydrogen (secondary N) is 2. The van der Waals surface area contributed by atoms with Crippen molar-refractivity contribution >= 4 is 10.2 Å². The van der Waals surface area contributed by atoms with Crippen LogP contribution < -0.4 is 9.44 Å². The predicted molar refractivity (Wildman–Crippen MR) is 63.6 cm³/mol. The first kappa shape index (κ1) is 16.7. The van der Waals surface area contributed by atoms with E-state index in [-0.39, 0.29) is 0 Å². The molecule has 9 heteroatoms. The van der Waals surface area contributed by atoms with Gasteiger partial charge in [0.05, 0.1) is 12.1 Å². The first-order valence-electron chi connectivity index (χ1n) is 6.04. The van der Waals surface area contributed by atoms with Crippen LogP contribution in [0.4, 0.5) is 13.2 Å². The Bertz CT molecular complexity index is 389. The number of hydrogen-bond donors (Lipinski definition) is 3. The standard InChI is InChI=1S/C10H19F3N2O3S/c1-8-2-4-9(7-16,5-3-8)15-19(17,18)14-6-10(11,12)13/h8,14-16H,2-7H2,1H3. The molecule has 0 radical (unpaired) electrons. The molecule has 0 aliphatic heterocycles. The molecule has 0 heterocycles. The van der Waals surface area contributed by atoms with Gasteiger partial charge < -0.3 is 5.11 Å². The Kier molecular flexibility index (Phi) is 5.21. The fourth-order valence-corrected chi connectivity index (χ4v) is 3.37. The number of halogens is 3. The first-order chi connectivity index (χ1) is 8.58. The number of aliphatic hydroxyl groups excluding tert-OH is 1. The van der Waals surface area contributed by atoms with E-state index >= 15 is 0 Å². The fourth-order valence-electron chi connectivity index (χ4n) is 2.11. The highest BCUT2D eigenvalue weighted by Gasteiger charge is 2.38. The molecule has 0 spiro atoms. The topological polar surface area (TPSA) is 78.4 Å². The first-order valence-corrected chi connectivity index (χ1v) is 7.52. The average molecular weight is 304 g/mol. The van der Waals surface area contributed by atoms with E-state index in [1.165, 1.54) is 4.72 Å². The van der Waals surface area contributed by atoms with Gasteiger partial charge in [-0.15, -0.1) is 0 Å². The highest BCUT2D eigenvalue weighted by Crippen LogP contribution is 2.32. The van der Waals surface area contributed by atoms with E-state index in [0.717, 1.165) is 12.8 Å².